The van der Waals surface area contributed by atoms with Crippen molar-refractivity contribution in [3.63, 3.8) is 0 Å². The first-order valence-corrected chi connectivity index (χ1v) is 7.74. The third-order valence-electron chi connectivity index (χ3n) is 3.41. The molecule has 1 heteroatoms. The summed E-state index contributed by atoms with van der Waals surface area (Å²) in [5, 5.41) is 0. The maximum atomic E-state index is 4.31. The molecule has 0 aliphatic carbocycles. The van der Waals surface area contributed by atoms with Crippen molar-refractivity contribution in [1.82, 2.24) is 0 Å². The summed E-state index contributed by atoms with van der Waals surface area (Å²) in [6.45, 7) is 20.6. The summed E-state index contributed by atoms with van der Waals surface area (Å²) in [4.78, 5) is 0. The topological polar surface area (TPSA) is 0 Å². The second-order valence-corrected chi connectivity index (χ2v) is 8.62. The maximum absolute atomic E-state index is 4.31. The molecule has 19 heavy (non-hydrogen) atoms. The third kappa shape index (κ3) is 10.0. The van der Waals surface area contributed by atoms with Gasteiger partial charge in [-0.2, -0.15) is 0 Å². The van der Waals surface area contributed by atoms with Crippen molar-refractivity contribution in [1.29, 1.82) is 0 Å². The highest BCUT2D eigenvalue weighted by atomic mass is 14.3. The van der Waals surface area contributed by atoms with Gasteiger partial charge in [0.05, 0.1) is 0 Å². The highest BCUT2D eigenvalue weighted by Crippen LogP contribution is 2.34. The van der Waals surface area contributed by atoms with Crippen LogP contribution < -0.4 is 0 Å². The van der Waals surface area contributed by atoms with Gasteiger partial charge in [-0.25, -0.2) is 0 Å². The molecular weight excluding hydrogens is 227 g/mol. The molecule has 0 aliphatic rings. The minimum atomic E-state index is 0.352. The van der Waals surface area contributed by atoms with Crippen LogP contribution in [0.2, 0.25) is 0 Å². The van der Waals surface area contributed by atoms with Crippen molar-refractivity contribution in [3.8, 4) is 0 Å². The van der Waals surface area contributed by atoms with E-state index >= 15 is 0 Å². The van der Waals surface area contributed by atoms with Gasteiger partial charge in [-0.3, -0.25) is 0 Å². The van der Waals surface area contributed by atoms with Gasteiger partial charge in [0, 0.05) is 0 Å². The van der Waals surface area contributed by atoms with E-state index < -0.39 is 0 Å². The van der Waals surface area contributed by atoms with Gasteiger partial charge in [0.1, 0.15) is 7.85 Å². The molecule has 110 valence electrons. The zero-order valence-electron chi connectivity index (χ0n) is 14.6. The summed E-state index contributed by atoms with van der Waals surface area (Å²) >= 11 is 0. The average molecular weight is 262 g/mol. The predicted molar refractivity (Wildman–Crippen MR) is 92.2 cm³/mol. The summed E-state index contributed by atoms with van der Waals surface area (Å²) < 4.78 is 0. The Labute approximate surface area is 123 Å². The molecule has 0 spiro atoms. The molecule has 2 atom stereocenters. The molecule has 0 aromatic rings. The van der Waals surface area contributed by atoms with Crippen LogP contribution in [0.4, 0.5) is 0 Å². The molecule has 0 aromatic heterocycles. The second kappa shape index (κ2) is 7.36. The van der Waals surface area contributed by atoms with E-state index in [9.17, 15) is 0 Å². The lowest BCUT2D eigenvalue weighted by Crippen LogP contribution is -2.19. The van der Waals surface area contributed by atoms with Gasteiger partial charge in [-0.15, -0.1) is 5.98 Å². The molecule has 0 N–H and O–H groups in total. The van der Waals surface area contributed by atoms with E-state index in [1.165, 1.54) is 12.0 Å². The van der Waals surface area contributed by atoms with Gasteiger partial charge >= 0.3 is 0 Å². The fraction of sp³-hybridized carbons (Fsp3) is 0.778. The van der Waals surface area contributed by atoms with Crippen molar-refractivity contribution in [2.75, 3.05) is 0 Å². The van der Waals surface area contributed by atoms with Gasteiger partial charge in [0.2, 0.25) is 0 Å². The number of hydrogen-bond donors (Lipinski definition) is 0. The largest absolute Gasteiger partial charge is 0.129 e. The van der Waals surface area contributed by atoms with E-state index in [0.717, 1.165) is 12.8 Å². The van der Waals surface area contributed by atoms with E-state index in [1.807, 2.05) is 0 Å². The summed E-state index contributed by atoms with van der Waals surface area (Å²) in [5.74, 6) is 3.56. The molecule has 0 radical (unpaired) electrons. The molecular formula is C18H35B. The van der Waals surface area contributed by atoms with Crippen LogP contribution in [0.5, 0.6) is 0 Å². The Morgan fingerprint density at radius 1 is 1.11 bits per heavy atom. The minimum Gasteiger partial charge on any atom is -0.127 e. The normalized spacial score (nSPS) is 16.6. The molecule has 0 bridgehead atoms. The van der Waals surface area contributed by atoms with Crippen LogP contribution >= 0.6 is 0 Å². The first-order valence-electron chi connectivity index (χ1n) is 7.74. The smallest absolute Gasteiger partial charge is 0.127 e. The van der Waals surface area contributed by atoms with Crippen molar-refractivity contribution < 1.29 is 0 Å². The molecule has 0 amide bonds. The number of allylic oxidation sites excluding steroid dienone is 2. The van der Waals surface area contributed by atoms with Crippen LogP contribution in [0.1, 0.15) is 67.7 Å². The highest BCUT2D eigenvalue weighted by Gasteiger charge is 2.22. The summed E-state index contributed by atoms with van der Waals surface area (Å²) in [7, 11) is 2.13. The van der Waals surface area contributed by atoms with Crippen molar-refractivity contribution >= 4 is 7.85 Å². The summed E-state index contributed by atoms with van der Waals surface area (Å²) in [5.41, 5.74) is 2.16. The monoisotopic (exact) mass is 262 g/mol. The van der Waals surface area contributed by atoms with Crippen LogP contribution in [0.25, 0.3) is 0 Å². The molecule has 0 saturated carbocycles. The zero-order valence-corrected chi connectivity index (χ0v) is 14.6. The quantitative estimate of drug-likeness (QED) is 0.455. The lowest BCUT2D eigenvalue weighted by Gasteiger charge is -2.30. The van der Waals surface area contributed by atoms with Gasteiger partial charge < -0.3 is 0 Å². The standard InChI is InChI=1S/C18H35B/c1-14(12-17(3,4)5)11-16(9-10-19)15(2)13-18(6,7)8/h9-10,15-16H,1,11-13,19H2,2-8H3/b10-9-. The highest BCUT2D eigenvalue weighted by molar-refractivity contribution is 6.16. The van der Waals surface area contributed by atoms with Crippen molar-refractivity contribution in [3.05, 3.63) is 24.2 Å². The van der Waals surface area contributed by atoms with Gasteiger partial charge in [0.15, 0.2) is 0 Å². The fourth-order valence-corrected chi connectivity index (χ4v) is 2.98. The SMILES string of the molecule is B/C=C\C(CC(=C)CC(C)(C)C)C(C)CC(C)(C)C. The van der Waals surface area contributed by atoms with Crippen molar-refractivity contribution in [2.24, 2.45) is 22.7 Å². The Balaban J connectivity index is 4.62. The van der Waals surface area contributed by atoms with Crippen LogP contribution in [-0.2, 0) is 0 Å². The molecule has 0 fully saturated rings. The third-order valence-corrected chi connectivity index (χ3v) is 3.41. The lowest BCUT2D eigenvalue weighted by molar-refractivity contribution is 0.260. The molecule has 0 heterocycles. The predicted octanol–water partition coefficient (Wildman–Crippen LogP) is 5.20. The number of rotatable bonds is 6. The second-order valence-electron chi connectivity index (χ2n) is 8.62. The Kier molecular flexibility index (Phi) is 7.18. The molecule has 0 aromatic carbocycles. The van der Waals surface area contributed by atoms with Crippen LogP contribution in [-0.4, -0.2) is 7.85 Å². The molecule has 0 rings (SSSR count). The first-order chi connectivity index (χ1) is 8.44. The Hall–Kier alpha value is -0.455. The molecule has 0 aliphatic heterocycles. The first kappa shape index (κ1) is 18.5. The lowest BCUT2D eigenvalue weighted by atomic mass is 9.75. The average Bonchev–Trinajstić information content (AvgIpc) is 2.10. The van der Waals surface area contributed by atoms with Crippen LogP contribution in [0, 0.1) is 22.7 Å². The van der Waals surface area contributed by atoms with Crippen molar-refractivity contribution in [2.45, 2.75) is 67.7 Å². The molecule has 0 saturated heterocycles. The zero-order chi connectivity index (χ0) is 15.3. The molecule has 0 nitrogen and oxygen atoms in total. The van der Waals surface area contributed by atoms with E-state index in [2.05, 4.69) is 74.9 Å². The van der Waals surface area contributed by atoms with E-state index in [-0.39, 0.29) is 0 Å². The fourth-order valence-electron chi connectivity index (χ4n) is 2.98. The number of hydrogen-bond acceptors (Lipinski definition) is 0. The minimum absolute atomic E-state index is 0.352. The van der Waals surface area contributed by atoms with Gasteiger partial charge in [-0.1, -0.05) is 66.7 Å². The Bertz CT molecular complexity index is 299. The van der Waals surface area contributed by atoms with E-state index in [1.54, 1.807) is 0 Å². The Morgan fingerprint density at radius 2 is 1.63 bits per heavy atom. The summed E-state index contributed by atoms with van der Waals surface area (Å²) in [6, 6.07) is 0. The Morgan fingerprint density at radius 3 is 2.00 bits per heavy atom. The van der Waals surface area contributed by atoms with Gasteiger partial charge in [0.25, 0.3) is 0 Å². The molecule has 2 unspecified atom stereocenters. The van der Waals surface area contributed by atoms with E-state index in [4.69, 9.17) is 0 Å². The van der Waals surface area contributed by atoms with Crippen LogP contribution in [0.3, 0.4) is 0 Å². The maximum Gasteiger partial charge on any atom is 0.129 e. The van der Waals surface area contributed by atoms with Crippen LogP contribution in [0.15, 0.2) is 24.2 Å². The summed E-state index contributed by atoms with van der Waals surface area (Å²) in [6.07, 6.45) is 5.91. The van der Waals surface area contributed by atoms with E-state index in [0.29, 0.717) is 22.7 Å². The van der Waals surface area contributed by atoms with Gasteiger partial charge in [-0.05, 0) is 41.9 Å².